The molecule has 1 aliphatic rings. The number of amides is 1. The van der Waals surface area contributed by atoms with Crippen LogP contribution < -0.4 is 0 Å². The van der Waals surface area contributed by atoms with Gasteiger partial charge in [0.2, 0.25) is 0 Å². The zero-order valence-corrected chi connectivity index (χ0v) is 10.0. The molecule has 18 heavy (non-hydrogen) atoms. The number of carbonyl (C=O) groups is 2. The van der Waals surface area contributed by atoms with Gasteiger partial charge in [0.1, 0.15) is 0 Å². The molecule has 0 unspecified atom stereocenters. The van der Waals surface area contributed by atoms with Crippen molar-refractivity contribution in [2.24, 2.45) is 0 Å². The molecule has 1 amide bonds. The van der Waals surface area contributed by atoms with E-state index >= 15 is 0 Å². The minimum Gasteiger partial charge on any atom is -0.477 e. The smallest absolute Gasteiger partial charge is 0.354 e. The maximum atomic E-state index is 12.1. The molecule has 1 aromatic rings. The second kappa shape index (κ2) is 4.41. The highest BCUT2D eigenvalue weighted by Crippen LogP contribution is 2.22. The topological polar surface area (TPSA) is 107 Å². The van der Waals surface area contributed by atoms with Crippen molar-refractivity contribution < 1.29 is 19.8 Å². The van der Waals surface area contributed by atoms with Gasteiger partial charge in [0.25, 0.3) is 5.91 Å². The molecule has 0 radical (unpaired) electrons. The second-order valence-corrected chi connectivity index (χ2v) is 4.72. The molecule has 3 N–H and O–H groups in total. The highest BCUT2D eigenvalue weighted by atomic mass is 16.4. The third-order valence-electron chi connectivity index (χ3n) is 3.18. The van der Waals surface area contributed by atoms with E-state index < -0.39 is 17.5 Å². The minimum absolute atomic E-state index is 0.0796. The zero-order chi connectivity index (χ0) is 13.3. The normalized spacial score (nSPS) is 18.7. The maximum Gasteiger partial charge on any atom is 0.354 e. The quantitative estimate of drug-likeness (QED) is 0.692. The number of rotatable bonds is 2. The van der Waals surface area contributed by atoms with Crippen LogP contribution in [0.25, 0.3) is 0 Å². The number of hydrogen-bond donors (Lipinski definition) is 3. The number of nitrogens with one attached hydrogen (secondary N) is 1. The number of H-pyrrole nitrogens is 1. The van der Waals surface area contributed by atoms with Gasteiger partial charge in [-0.25, -0.2) is 9.78 Å². The largest absolute Gasteiger partial charge is 0.477 e. The van der Waals surface area contributed by atoms with Gasteiger partial charge in [0.15, 0.2) is 11.4 Å². The van der Waals surface area contributed by atoms with Gasteiger partial charge >= 0.3 is 5.97 Å². The summed E-state index contributed by atoms with van der Waals surface area (Å²) in [5.74, 6) is -1.62. The molecule has 7 heteroatoms. The highest BCUT2D eigenvalue weighted by Gasteiger charge is 2.32. The van der Waals surface area contributed by atoms with Gasteiger partial charge in [-0.2, -0.15) is 0 Å². The summed E-state index contributed by atoms with van der Waals surface area (Å²) >= 11 is 0. The van der Waals surface area contributed by atoms with Crippen LogP contribution in [0.4, 0.5) is 0 Å². The first-order chi connectivity index (χ1) is 8.41. The highest BCUT2D eigenvalue weighted by molar-refractivity contribution is 6.02. The maximum absolute atomic E-state index is 12.1. The lowest BCUT2D eigenvalue weighted by atomic mass is 9.93. The van der Waals surface area contributed by atoms with Crippen molar-refractivity contribution in [1.82, 2.24) is 14.9 Å². The predicted molar refractivity (Wildman–Crippen MR) is 61.3 cm³/mol. The van der Waals surface area contributed by atoms with Crippen molar-refractivity contribution in [1.29, 1.82) is 0 Å². The Kier molecular flexibility index (Phi) is 3.08. The number of likely N-dealkylation sites (tertiary alicyclic amines) is 1. The van der Waals surface area contributed by atoms with Crippen LogP contribution >= 0.6 is 0 Å². The number of aliphatic hydroxyl groups is 1. The van der Waals surface area contributed by atoms with E-state index in [1.807, 2.05) is 0 Å². The molecule has 1 aliphatic heterocycles. The van der Waals surface area contributed by atoms with Crippen molar-refractivity contribution >= 4 is 11.9 Å². The summed E-state index contributed by atoms with van der Waals surface area (Å²) < 4.78 is 0. The number of hydrogen-bond acceptors (Lipinski definition) is 4. The van der Waals surface area contributed by atoms with Crippen molar-refractivity contribution in [3.05, 3.63) is 17.7 Å². The SMILES string of the molecule is CC1(O)CCN(C(=O)c2nc[nH]c2C(=O)O)CC1. The summed E-state index contributed by atoms with van der Waals surface area (Å²) in [6.07, 6.45) is 2.15. The Bertz CT molecular complexity index is 470. The van der Waals surface area contributed by atoms with Crippen molar-refractivity contribution in [3.8, 4) is 0 Å². The molecule has 0 atom stereocenters. The Balaban J connectivity index is 2.13. The van der Waals surface area contributed by atoms with Gasteiger partial charge in [-0.3, -0.25) is 4.79 Å². The van der Waals surface area contributed by atoms with E-state index in [-0.39, 0.29) is 11.4 Å². The van der Waals surface area contributed by atoms with Crippen LogP contribution in [0.2, 0.25) is 0 Å². The first kappa shape index (κ1) is 12.6. The summed E-state index contributed by atoms with van der Waals surface area (Å²) in [5.41, 5.74) is -1.03. The third kappa shape index (κ3) is 2.35. The number of carboxylic acids is 1. The van der Waals surface area contributed by atoms with Crippen molar-refractivity contribution in [2.45, 2.75) is 25.4 Å². The van der Waals surface area contributed by atoms with E-state index in [9.17, 15) is 14.7 Å². The lowest BCUT2D eigenvalue weighted by molar-refractivity contribution is -0.00229. The van der Waals surface area contributed by atoms with Gasteiger partial charge in [0.05, 0.1) is 11.9 Å². The van der Waals surface area contributed by atoms with Gasteiger partial charge in [0, 0.05) is 13.1 Å². The first-order valence-electron chi connectivity index (χ1n) is 5.69. The van der Waals surface area contributed by atoms with Crippen LogP contribution in [0.5, 0.6) is 0 Å². The number of aromatic nitrogens is 2. The van der Waals surface area contributed by atoms with Gasteiger partial charge in [-0.15, -0.1) is 0 Å². The predicted octanol–water partition coefficient (Wildman–Crippen LogP) is 0.0949. The van der Waals surface area contributed by atoms with Crippen LogP contribution in [0.3, 0.4) is 0 Å². The lowest BCUT2D eigenvalue weighted by Crippen LogP contribution is -2.45. The number of nitrogens with zero attached hydrogens (tertiary/aromatic N) is 2. The van der Waals surface area contributed by atoms with Gasteiger partial charge in [-0.05, 0) is 19.8 Å². The molecule has 0 aliphatic carbocycles. The Morgan fingerprint density at radius 3 is 2.61 bits per heavy atom. The number of aromatic amines is 1. The van der Waals surface area contributed by atoms with Crippen molar-refractivity contribution in [3.63, 3.8) is 0 Å². The summed E-state index contributed by atoms with van der Waals surface area (Å²) in [6, 6.07) is 0. The summed E-state index contributed by atoms with van der Waals surface area (Å²) in [7, 11) is 0. The summed E-state index contributed by atoms with van der Waals surface area (Å²) in [6.45, 7) is 2.53. The van der Waals surface area contributed by atoms with Crippen LogP contribution in [0.1, 0.15) is 40.7 Å². The van der Waals surface area contributed by atoms with E-state index in [0.717, 1.165) is 0 Å². The average Bonchev–Trinajstić information content (AvgIpc) is 2.77. The summed E-state index contributed by atoms with van der Waals surface area (Å²) in [5, 5.41) is 18.7. The molecule has 1 saturated heterocycles. The van der Waals surface area contributed by atoms with Crippen LogP contribution in [0.15, 0.2) is 6.33 Å². The van der Waals surface area contributed by atoms with Crippen LogP contribution in [-0.2, 0) is 0 Å². The van der Waals surface area contributed by atoms with E-state index in [2.05, 4.69) is 9.97 Å². The minimum atomic E-state index is -1.21. The molecule has 2 rings (SSSR count). The molecule has 0 spiro atoms. The molecule has 98 valence electrons. The fourth-order valence-corrected chi connectivity index (χ4v) is 1.96. The zero-order valence-electron chi connectivity index (χ0n) is 10.0. The molecule has 0 bridgehead atoms. The monoisotopic (exact) mass is 253 g/mol. The fraction of sp³-hybridized carbons (Fsp3) is 0.545. The van der Waals surface area contributed by atoms with E-state index in [0.29, 0.717) is 25.9 Å². The van der Waals surface area contributed by atoms with E-state index in [1.54, 1.807) is 6.92 Å². The Morgan fingerprint density at radius 1 is 1.44 bits per heavy atom. The van der Waals surface area contributed by atoms with E-state index in [1.165, 1.54) is 11.2 Å². The van der Waals surface area contributed by atoms with E-state index in [4.69, 9.17) is 5.11 Å². The number of aromatic carboxylic acids is 1. The molecule has 1 aromatic heterocycles. The Morgan fingerprint density at radius 2 is 2.06 bits per heavy atom. The third-order valence-corrected chi connectivity index (χ3v) is 3.18. The fourth-order valence-electron chi connectivity index (χ4n) is 1.96. The number of carboxylic acid groups (broad SMARTS) is 1. The molecular formula is C11H15N3O4. The molecule has 7 nitrogen and oxygen atoms in total. The Labute approximate surface area is 103 Å². The number of carbonyl (C=O) groups excluding carboxylic acids is 1. The molecule has 1 fully saturated rings. The first-order valence-corrected chi connectivity index (χ1v) is 5.69. The van der Waals surface area contributed by atoms with Gasteiger partial charge < -0.3 is 20.1 Å². The molecular weight excluding hydrogens is 238 g/mol. The standard InChI is InChI=1S/C11H15N3O4/c1-11(18)2-4-14(5-3-11)9(15)7-8(10(16)17)13-6-12-7/h6,18H,2-5H2,1H3,(H,12,13)(H,16,17). The molecule has 0 aromatic carbocycles. The number of imidazole rings is 1. The van der Waals surface area contributed by atoms with Crippen LogP contribution in [0, 0.1) is 0 Å². The molecule has 0 saturated carbocycles. The Hall–Kier alpha value is -1.89. The van der Waals surface area contributed by atoms with Crippen molar-refractivity contribution in [2.75, 3.05) is 13.1 Å². The number of piperidine rings is 1. The molecule has 2 heterocycles. The second-order valence-electron chi connectivity index (χ2n) is 4.72. The van der Waals surface area contributed by atoms with Crippen LogP contribution in [-0.4, -0.2) is 55.6 Å². The summed E-state index contributed by atoms with van der Waals surface area (Å²) in [4.78, 5) is 30.7. The lowest BCUT2D eigenvalue weighted by Gasteiger charge is -2.35. The average molecular weight is 253 g/mol. The van der Waals surface area contributed by atoms with Gasteiger partial charge in [-0.1, -0.05) is 0 Å².